The van der Waals surface area contributed by atoms with Crippen LogP contribution < -0.4 is 5.32 Å². The maximum absolute atomic E-state index is 13.2. The van der Waals surface area contributed by atoms with E-state index in [-0.39, 0.29) is 17.7 Å². The number of rotatable bonds is 7. The van der Waals surface area contributed by atoms with E-state index < -0.39 is 0 Å². The molecule has 8 heteroatoms. The van der Waals surface area contributed by atoms with Crippen molar-refractivity contribution in [2.75, 3.05) is 58.1 Å². The van der Waals surface area contributed by atoms with Gasteiger partial charge >= 0.3 is 0 Å². The Labute approximate surface area is 183 Å². The summed E-state index contributed by atoms with van der Waals surface area (Å²) >= 11 is 1.45. The topological polar surface area (TPSA) is 73.0 Å². The minimum atomic E-state index is 0.00609. The van der Waals surface area contributed by atoms with Crippen LogP contribution in [-0.2, 0) is 9.59 Å². The van der Waals surface area contributed by atoms with Crippen molar-refractivity contribution in [3.63, 3.8) is 0 Å². The molecule has 0 spiro atoms. The SMILES string of the molecule is CCNC(=O)CN1CCCN(C(=O)c2ccccc2SCC(=O)N2CCCC2)CC1. The van der Waals surface area contributed by atoms with E-state index in [0.29, 0.717) is 44.0 Å². The summed E-state index contributed by atoms with van der Waals surface area (Å²) in [4.78, 5) is 44.2. The molecule has 0 aliphatic carbocycles. The van der Waals surface area contributed by atoms with Crippen LogP contribution in [0.5, 0.6) is 0 Å². The summed E-state index contributed by atoms with van der Waals surface area (Å²) in [6.07, 6.45) is 3.00. The highest BCUT2D eigenvalue weighted by Crippen LogP contribution is 2.25. The Morgan fingerprint density at radius 1 is 0.933 bits per heavy atom. The highest BCUT2D eigenvalue weighted by Gasteiger charge is 2.24. The van der Waals surface area contributed by atoms with Gasteiger partial charge in [-0.05, 0) is 38.3 Å². The molecule has 2 aliphatic rings. The van der Waals surface area contributed by atoms with Gasteiger partial charge in [-0.3, -0.25) is 19.3 Å². The predicted molar refractivity (Wildman–Crippen MR) is 119 cm³/mol. The van der Waals surface area contributed by atoms with Gasteiger partial charge in [0.1, 0.15) is 0 Å². The molecule has 0 radical (unpaired) electrons. The predicted octanol–water partition coefficient (Wildman–Crippen LogP) is 1.69. The van der Waals surface area contributed by atoms with Crippen molar-refractivity contribution in [3.8, 4) is 0 Å². The number of likely N-dealkylation sites (tertiary alicyclic amines) is 1. The lowest BCUT2D eigenvalue weighted by atomic mass is 10.2. The molecular formula is C22H32N4O3S. The number of hydrogen-bond donors (Lipinski definition) is 1. The molecule has 30 heavy (non-hydrogen) atoms. The number of carbonyl (C=O) groups excluding carboxylic acids is 3. The Morgan fingerprint density at radius 2 is 1.67 bits per heavy atom. The zero-order chi connectivity index (χ0) is 21.3. The number of hydrogen-bond acceptors (Lipinski definition) is 5. The summed E-state index contributed by atoms with van der Waals surface area (Å²) in [5, 5.41) is 2.83. The molecule has 2 fully saturated rings. The van der Waals surface area contributed by atoms with Gasteiger partial charge in [-0.25, -0.2) is 0 Å². The van der Waals surface area contributed by atoms with E-state index in [1.165, 1.54) is 11.8 Å². The Kier molecular flexibility index (Phi) is 8.57. The fraction of sp³-hybridized carbons (Fsp3) is 0.591. The summed E-state index contributed by atoms with van der Waals surface area (Å²) in [7, 11) is 0. The highest BCUT2D eigenvalue weighted by molar-refractivity contribution is 8.00. The summed E-state index contributed by atoms with van der Waals surface area (Å²) in [5.74, 6) is 0.550. The van der Waals surface area contributed by atoms with Crippen molar-refractivity contribution in [2.24, 2.45) is 0 Å². The van der Waals surface area contributed by atoms with Gasteiger partial charge in [-0.15, -0.1) is 11.8 Å². The molecule has 1 N–H and O–H groups in total. The van der Waals surface area contributed by atoms with E-state index >= 15 is 0 Å². The fourth-order valence-electron chi connectivity index (χ4n) is 3.93. The molecule has 1 aromatic rings. The van der Waals surface area contributed by atoms with Gasteiger partial charge in [-0.1, -0.05) is 12.1 Å². The van der Waals surface area contributed by atoms with E-state index in [0.717, 1.165) is 43.8 Å². The van der Waals surface area contributed by atoms with E-state index in [9.17, 15) is 14.4 Å². The normalized spacial score (nSPS) is 17.6. The zero-order valence-electron chi connectivity index (χ0n) is 17.8. The van der Waals surface area contributed by atoms with Crippen LogP contribution in [0.25, 0.3) is 0 Å². The van der Waals surface area contributed by atoms with Crippen LogP contribution in [0.15, 0.2) is 29.2 Å². The quantitative estimate of drug-likeness (QED) is 0.664. The number of thioether (sulfide) groups is 1. The maximum atomic E-state index is 13.2. The number of nitrogens with zero attached hydrogens (tertiary/aromatic N) is 3. The van der Waals surface area contributed by atoms with Crippen LogP contribution >= 0.6 is 11.8 Å². The fourth-order valence-corrected chi connectivity index (χ4v) is 4.87. The Morgan fingerprint density at radius 3 is 2.43 bits per heavy atom. The number of likely N-dealkylation sites (N-methyl/N-ethyl adjacent to an activating group) is 1. The molecule has 1 aromatic carbocycles. The first-order valence-corrected chi connectivity index (χ1v) is 11.8. The van der Waals surface area contributed by atoms with E-state index in [2.05, 4.69) is 10.2 Å². The molecule has 7 nitrogen and oxygen atoms in total. The van der Waals surface area contributed by atoms with Gasteiger partial charge in [0.05, 0.1) is 17.9 Å². The summed E-state index contributed by atoms with van der Waals surface area (Å²) in [5.41, 5.74) is 0.661. The monoisotopic (exact) mass is 432 g/mol. The molecule has 2 heterocycles. The van der Waals surface area contributed by atoms with Crippen LogP contribution in [0.4, 0.5) is 0 Å². The van der Waals surface area contributed by atoms with Crippen LogP contribution in [0.1, 0.15) is 36.5 Å². The van der Waals surface area contributed by atoms with Gasteiger partial charge < -0.3 is 15.1 Å². The van der Waals surface area contributed by atoms with Crippen LogP contribution in [0.2, 0.25) is 0 Å². The molecule has 3 amide bonds. The van der Waals surface area contributed by atoms with Crippen molar-refractivity contribution in [2.45, 2.75) is 31.1 Å². The van der Waals surface area contributed by atoms with Crippen LogP contribution in [0, 0.1) is 0 Å². The highest BCUT2D eigenvalue weighted by atomic mass is 32.2. The summed E-state index contributed by atoms with van der Waals surface area (Å²) in [6.45, 7) is 7.39. The Bertz CT molecular complexity index is 752. The number of amides is 3. The van der Waals surface area contributed by atoms with Gasteiger partial charge in [-0.2, -0.15) is 0 Å². The van der Waals surface area contributed by atoms with Crippen molar-refractivity contribution in [1.82, 2.24) is 20.0 Å². The first-order valence-electron chi connectivity index (χ1n) is 10.9. The average Bonchev–Trinajstić information content (AvgIpc) is 3.19. The van der Waals surface area contributed by atoms with Crippen molar-refractivity contribution in [3.05, 3.63) is 29.8 Å². The standard InChI is InChI=1S/C22H32N4O3S/c1-2-23-20(27)16-24-10-7-13-26(15-14-24)22(29)18-8-3-4-9-19(18)30-17-21(28)25-11-5-6-12-25/h3-4,8-9H,2,5-7,10-17H2,1H3,(H,23,27). The largest absolute Gasteiger partial charge is 0.355 e. The molecule has 2 saturated heterocycles. The van der Waals surface area contributed by atoms with E-state index in [4.69, 9.17) is 0 Å². The third-order valence-electron chi connectivity index (χ3n) is 5.54. The number of carbonyl (C=O) groups is 3. The van der Waals surface area contributed by atoms with Crippen LogP contribution in [0.3, 0.4) is 0 Å². The lowest BCUT2D eigenvalue weighted by molar-refractivity contribution is -0.127. The summed E-state index contributed by atoms with van der Waals surface area (Å²) < 4.78 is 0. The molecule has 3 rings (SSSR count). The smallest absolute Gasteiger partial charge is 0.255 e. The molecular weight excluding hydrogens is 400 g/mol. The zero-order valence-corrected chi connectivity index (χ0v) is 18.6. The lowest BCUT2D eigenvalue weighted by Crippen LogP contribution is -2.40. The lowest BCUT2D eigenvalue weighted by Gasteiger charge is -2.23. The molecule has 0 saturated carbocycles. The van der Waals surface area contributed by atoms with Crippen molar-refractivity contribution >= 4 is 29.5 Å². The van der Waals surface area contributed by atoms with Gasteiger partial charge in [0.2, 0.25) is 11.8 Å². The van der Waals surface area contributed by atoms with Gasteiger partial charge in [0, 0.05) is 50.7 Å². The maximum Gasteiger partial charge on any atom is 0.255 e. The molecule has 0 aromatic heterocycles. The second kappa shape index (κ2) is 11.4. The Hall–Kier alpha value is -2.06. The third kappa shape index (κ3) is 6.22. The van der Waals surface area contributed by atoms with Gasteiger partial charge in [0.15, 0.2) is 0 Å². The van der Waals surface area contributed by atoms with E-state index in [1.807, 2.05) is 41.0 Å². The second-order valence-electron chi connectivity index (χ2n) is 7.75. The van der Waals surface area contributed by atoms with Crippen molar-refractivity contribution in [1.29, 1.82) is 0 Å². The molecule has 164 valence electrons. The Balaban J connectivity index is 1.58. The average molecular weight is 433 g/mol. The number of nitrogens with one attached hydrogen (secondary N) is 1. The third-order valence-corrected chi connectivity index (χ3v) is 6.60. The minimum absolute atomic E-state index is 0.00609. The summed E-state index contributed by atoms with van der Waals surface area (Å²) in [6, 6.07) is 7.56. The molecule has 0 atom stereocenters. The molecule has 2 aliphatic heterocycles. The van der Waals surface area contributed by atoms with Crippen molar-refractivity contribution < 1.29 is 14.4 Å². The number of benzene rings is 1. The second-order valence-corrected chi connectivity index (χ2v) is 8.77. The first kappa shape index (κ1) is 22.6. The molecule has 0 unspecified atom stereocenters. The van der Waals surface area contributed by atoms with Gasteiger partial charge in [0.25, 0.3) is 5.91 Å². The van der Waals surface area contributed by atoms with E-state index in [1.54, 1.807) is 0 Å². The van der Waals surface area contributed by atoms with Crippen LogP contribution in [-0.4, -0.2) is 90.5 Å². The molecule has 0 bridgehead atoms. The first-order chi connectivity index (χ1) is 14.6. The minimum Gasteiger partial charge on any atom is -0.355 e.